The summed E-state index contributed by atoms with van der Waals surface area (Å²) in [7, 11) is 1.35. The van der Waals surface area contributed by atoms with Gasteiger partial charge in [0.15, 0.2) is 17.3 Å². The van der Waals surface area contributed by atoms with Gasteiger partial charge < -0.3 is 19.7 Å². The predicted octanol–water partition coefficient (Wildman–Crippen LogP) is 4.86. The van der Waals surface area contributed by atoms with Crippen LogP contribution in [-0.2, 0) is 0 Å². The highest BCUT2D eigenvalue weighted by molar-refractivity contribution is 6.05. The van der Waals surface area contributed by atoms with E-state index < -0.39 is 5.60 Å². The van der Waals surface area contributed by atoms with E-state index in [0.717, 1.165) is 6.42 Å². The molecule has 0 saturated heterocycles. The number of phenols is 2. The fraction of sp³-hybridized carbons (Fsp3) is 0.476. The molecule has 0 unspecified atom stereocenters. The Morgan fingerprint density at radius 1 is 1.31 bits per heavy atom. The Balaban J connectivity index is 2.51. The Kier molecular flexibility index (Phi) is 5.69. The van der Waals surface area contributed by atoms with Gasteiger partial charge in [-0.2, -0.15) is 0 Å². The molecule has 5 heteroatoms. The molecular formula is C21H28O5. The van der Waals surface area contributed by atoms with E-state index in [1.807, 2.05) is 26.8 Å². The van der Waals surface area contributed by atoms with Crippen molar-refractivity contribution in [2.45, 2.75) is 53.1 Å². The Bertz CT molecular complexity index is 769. The van der Waals surface area contributed by atoms with E-state index in [4.69, 9.17) is 9.47 Å². The van der Waals surface area contributed by atoms with Crippen molar-refractivity contribution in [3.63, 3.8) is 0 Å². The fourth-order valence-electron chi connectivity index (χ4n) is 2.98. The number of hydrogen-bond donors (Lipinski definition) is 2. The van der Waals surface area contributed by atoms with Crippen LogP contribution >= 0.6 is 0 Å². The average molecular weight is 360 g/mol. The second-order valence-corrected chi connectivity index (χ2v) is 7.44. The van der Waals surface area contributed by atoms with E-state index in [1.54, 1.807) is 19.9 Å². The van der Waals surface area contributed by atoms with Gasteiger partial charge in [0.05, 0.1) is 12.7 Å². The third-order valence-corrected chi connectivity index (χ3v) is 4.50. The van der Waals surface area contributed by atoms with Crippen molar-refractivity contribution in [2.75, 3.05) is 7.11 Å². The molecule has 1 aliphatic rings. The van der Waals surface area contributed by atoms with Crippen LogP contribution in [0.25, 0.3) is 6.08 Å². The first kappa shape index (κ1) is 19.9. The molecular weight excluding hydrogens is 332 g/mol. The summed E-state index contributed by atoms with van der Waals surface area (Å²) in [6.45, 7) is 9.45. The molecule has 26 heavy (non-hydrogen) atoms. The highest BCUT2D eigenvalue weighted by Gasteiger charge is 2.35. The van der Waals surface area contributed by atoms with E-state index >= 15 is 0 Å². The molecule has 0 aliphatic carbocycles. The van der Waals surface area contributed by atoms with Gasteiger partial charge in [-0.05, 0) is 45.8 Å². The molecule has 0 amide bonds. The summed E-state index contributed by atoms with van der Waals surface area (Å²) in [4.78, 5) is 12.5. The molecule has 5 nitrogen and oxygen atoms in total. The number of aromatic hydroxyl groups is 2. The van der Waals surface area contributed by atoms with Crippen LogP contribution in [0.2, 0.25) is 0 Å². The lowest BCUT2D eigenvalue weighted by molar-refractivity contribution is 0.0931. The zero-order chi connectivity index (χ0) is 19.6. The molecule has 142 valence electrons. The lowest BCUT2D eigenvalue weighted by Gasteiger charge is -2.33. The molecule has 1 aromatic rings. The molecule has 2 N–H and O–H groups in total. The summed E-state index contributed by atoms with van der Waals surface area (Å²) in [6.07, 6.45) is 7.21. The number of rotatable bonds is 6. The number of phenolic OH excluding ortho intramolecular Hbond substituents is 2. The van der Waals surface area contributed by atoms with Crippen LogP contribution in [0.15, 0.2) is 17.7 Å². The first-order valence-corrected chi connectivity index (χ1v) is 8.83. The minimum absolute atomic E-state index is 0.0138. The number of carbonyl (C=O) groups is 1. The number of benzene rings is 1. The van der Waals surface area contributed by atoms with Gasteiger partial charge in [-0.3, -0.25) is 4.79 Å². The Labute approximate surface area is 154 Å². The van der Waals surface area contributed by atoms with Crippen LogP contribution < -0.4 is 9.47 Å². The molecule has 2 rings (SSSR count). The number of ketones is 1. The number of allylic oxidation sites excluding steroid dienone is 2. The van der Waals surface area contributed by atoms with Crippen molar-refractivity contribution in [3.8, 4) is 23.0 Å². The SMILES string of the molecule is COc1c(O)c2c(c(O)c1C(=O)C(C)C)C=C[C@@](C)(CCC=C(C)C)O2. The third-order valence-electron chi connectivity index (χ3n) is 4.50. The van der Waals surface area contributed by atoms with Crippen molar-refractivity contribution in [3.05, 3.63) is 28.9 Å². The monoisotopic (exact) mass is 360 g/mol. The summed E-state index contributed by atoms with van der Waals surface area (Å²) in [5.74, 6) is -1.06. The largest absolute Gasteiger partial charge is 0.506 e. The van der Waals surface area contributed by atoms with Gasteiger partial charge in [0.25, 0.3) is 0 Å². The lowest BCUT2D eigenvalue weighted by Crippen LogP contribution is -2.32. The highest BCUT2D eigenvalue weighted by atomic mass is 16.5. The van der Waals surface area contributed by atoms with E-state index in [0.29, 0.717) is 12.0 Å². The second-order valence-electron chi connectivity index (χ2n) is 7.44. The standard InChI is InChI=1S/C21H28O5/c1-12(2)8-7-10-21(5)11-9-14-17(23)15(16(22)13(3)4)20(25-6)18(24)19(14)26-21/h8-9,11,13,23-24H,7,10H2,1-6H3/t21-/m1/s1. The van der Waals surface area contributed by atoms with Gasteiger partial charge in [-0.1, -0.05) is 25.5 Å². The number of Topliss-reactive ketones (excluding diaryl/α,β-unsaturated/α-hetero) is 1. The summed E-state index contributed by atoms with van der Waals surface area (Å²) in [6, 6.07) is 0. The van der Waals surface area contributed by atoms with Gasteiger partial charge >= 0.3 is 0 Å². The summed E-state index contributed by atoms with van der Waals surface area (Å²) in [5.41, 5.74) is 0.886. The van der Waals surface area contributed by atoms with E-state index in [-0.39, 0.29) is 40.3 Å². The van der Waals surface area contributed by atoms with Crippen LogP contribution in [0, 0.1) is 5.92 Å². The van der Waals surface area contributed by atoms with E-state index in [2.05, 4.69) is 6.08 Å². The normalized spacial score (nSPS) is 18.3. The zero-order valence-corrected chi connectivity index (χ0v) is 16.3. The topological polar surface area (TPSA) is 76.0 Å². The Morgan fingerprint density at radius 3 is 2.50 bits per heavy atom. The first-order valence-electron chi connectivity index (χ1n) is 8.83. The van der Waals surface area contributed by atoms with Crippen molar-refractivity contribution in [2.24, 2.45) is 5.92 Å². The fourth-order valence-corrected chi connectivity index (χ4v) is 2.98. The smallest absolute Gasteiger partial charge is 0.202 e. The van der Waals surface area contributed by atoms with Gasteiger partial charge in [0.2, 0.25) is 5.75 Å². The van der Waals surface area contributed by atoms with Crippen LogP contribution in [0.5, 0.6) is 23.0 Å². The molecule has 1 heterocycles. The van der Waals surface area contributed by atoms with Gasteiger partial charge in [-0.15, -0.1) is 0 Å². The van der Waals surface area contributed by atoms with Crippen LogP contribution in [-0.4, -0.2) is 28.7 Å². The molecule has 1 atom stereocenters. The summed E-state index contributed by atoms with van der Waals surface area (Å²) in [5, 5.41) is 21.3. The Hall–Kier alpha value is -2.43. The highest BCUT2D eigenvalue weighted by Crippen LogP contribution is 2.52. The van der Waals surface area contributed by atoms with Crippen LogP contribution in [0.3, 0.4) is 0 Å². The maximum absolute atomic E-state index is 12.5. The molecule has 0 spiro atoms. The number of fused-ring (bicyclic) bond motifs is 1. The van der Waals surface area contributed by atoms with Crippen molar-refractivity contribution in [1.29, 1.82) is 0 Å². The quantitative estimate of drug-likeness (QED) is 0.431. The first-order chi connectivity index (χ1) is 12.1. The minimum atomic E-state index is -0.628. The number of methoxy groups -OCH3 is 1. The summed E-state index contributed by atoms with van der Waals surface area (Å²) >= 11 is 0. The van der Waals surface area contributed by atoms with Gasteiger partial charge in [0, 0.05) is 5.92 Å². The molecule has 0 radical (unpaired) electrons. The molecule has 0 bridgehead atoms. The number of ether oxygens (including phenoxy) is 2. The lowest BCUT2D eigenvalue weighted by atomic mass is 9.91. The van der Waals surface area contributed by atoms with Crippen LogP contribution in [0.1, 0.15) is 63.4 Å². The maximum Gasteiger partial charge on any atom is 0.202 e. The minimum Gasteiger partial charge on any atom is -0.506 e. The third kappa shape index (κ3) is 3.71. The second kappa shape index (κ2) is 7.44. The van der Waals surface area contributed by atoms with Crippen LogP contribution in [0.4, 0.5) is 0 Å². The predicted molar refractivity (Wildman–Crippen MR) is 102 cm³/mol. The van der Waals surface area contributed by atoms with Crippen molar-refractivity contribution < 1.29 is 24.5 Å². The van der Waals surface area contributed by atoms with Gasteiger partial charge in [-0.25, -0.2) is 0 Å². The van der Waals surface area contributed by atoms with Gasteiger partial charge in [0.1, 0.15) is 16.9 Å². The molecule has 1 aliphatic heterocycles. The van der Waals surface area contributed by atoms with Crippen molar-refractivity contribution >= 4 is 11.9 Å². The molecule has 0 fully saturated rings. The molecule has 1 aromatic carbocycles. The number of hydrogen-bond acceptors (Lipinski definition) is 5. The van der Waals surface area contributed by atoms with E-state index in [1.165, 1.54) is 12.7 Å². The molecule has 0 aromatic heterocycles. The average Bonchev–Trinajstić information content (AvgIpc) is 2.56. The Morgan fingerprint density at radius 2 is 1.96 bits per heavy atom. The summed E-state index contributed by atoms with van der Waals surface area (Å²) < 4.78 is 11.3. The zero-order valence-electron chi connectivity index (χ0n) is 16.3. The number of carbonyl (C=O) groups excluding carboxylic acids is 1. The maximum atomic E-state index is 12.5. The molecule has 0 saturated carbocycles. The van der Waals surface area contributed by atoms with Crippen molar-refractivity contribution in [1.82, 2.24) is 0 Å². The van der Waals surface area contributed by atoms with E-state index in [9.17, 15) is 15.0 Å².